The van der Waals surface area contributed by atoms with Gasteiger partial charge in [0, 0.05) is 38.4 Å². The number of methoxy groups -OCH3 is 1. The number of hydrogen-bond acceptors (Lipinski definition) is 6. The molecule has 1 saturated heterocycles. The van der Waals surface area contributed by atoms with Gasteiger partial charge in [-0.2, -0.15) is 0 Å². The Bertz CT molecular complexity index is 1000. The number of nitrogens with zero attached hydrogens (tertiary/aromatic N) is 2. The van der Waals surface area contributed by atoms with Crippen molar-refractivity contribution in [2.24, 2.45) is 0 Å². The minimum atomic E-state index is -1.13. The number of hydrogen-bond donors (Lipinski definition) is 3. The number of aromatic carboxylic acids is 1. The van der Waals surface area contributed by atoms with Crippen molar-refractivity contribution in [1.29, 1.82) is 0 Å². The number of rotatable bonds is 9. The largest absolute Gasteiger partial charge is 0.496 e. The number of anilines is 2. The van der Waals surface area contributed by atoms with Gasteiger partial charge in [-0.05, 0) is 36.8 Å². The number of piperazine rings is 1. The molecule has 3 rings (SSSR count). The summed E-state index contributed by atoms with van der Waals surface area (Å²) < 4.78 is 5.22. The predicted octanol–water partition coefficient (Wildman–Crippen LogP) is 2.29. The summed E-state index contributed by atoms with van der Waals surface area (Å²) in [6.45, 7) is 5.81. The first kappa shape index (κ1) is 24.1. The maximum atomic E-state index is 12.7. The molecule has 0 radical (unpaired) electrons. The fraction of sp³-hybridized carbons (Fsp3) is 0.375. The molecule has 3 N–H and O–H groups in total. The molecule has 0 saturated carbocycles. The summed E-state index contributed by atoms with van der Waals surface area (Å²) in [6.07, 6.45) is 0.904. The zero-order valence-corrected chi connectivity index (χ0v) is 19.0. The van der Waals surface area contributed by atoms with Crippen molar-refractivity contribution in [3.8, 4) is 5.75 Å². The minimum absolute atomic E-state index is 0.0112. The highest BCUT2D eigenvalue weighted by Gasteiger charge is 2.22. The minimum Gasteiger partial charge on any atom is -0.496 e. The van der Waals surface area contributed by atoms with E-state index in [9.17, 15) is 19.5 Å². The maximum Gasteiger partial charge on any atom is 0.337 e. The van der Waals surface area contributed by atoms with Crippen molar-refractivity contribution in [1.82, 2.24) is 10.2 Å². The van der Waals surface area contributed by atoms with E-state index in [1.165, 1.54) is 7.11 Å². The van der Waals surface area contributed by atoms with Crippen LogP contribution in [0.3, 0.4) is 0 Å². The van der Waals surface area contributed by atoms with Gasteiger partial charge < -0.3 is 25.4 Å². The molecule has 9 heteroatoms. The summed E-state index contributed by atoms with van der Waals surface area (Å²) in [4.78, 5) is 40.7. The molecular weight excluding hydrogens is 424 g/mol. The Morgan fingerprint density at radius 1 is 1.03 bits per heavy atom. The molecule has 1 heterocycles. The highest BCUT2D eigenvalue weighted by atomic mass is 16.5. The number of carboxylic acid groups (broad SMARTS) is 1. The predicted molar refractivity (Wildman–Crippen MR) is 126 cm³/mol. The third-order valence-electron chi connectivity index (χ3n) is 5.51. The Morgan fingerprint density at radius 3 is 2.42 bits per heavy atom. The molecule has 0 bridgehead atoms. The fourth-order valence-corrected chi connectivity index (χ4v) is 3.72. The van der Waals surface area contributed by atoms with Gasteiger partial charge in [0.15, 0.2) is 0 Å². The second-order valence-corrected chi connectivity index (χ2v) is 7.80. The van der Waals surface area contributed by atoms with Crippen LogP contribution in [0.15, 0.2) is 42.5 Å². The van der Waals surface area contributed by atoms with Crippen LogP contribution in [0.25, 0.3) is 0 Å². The third-order valence-corrected chi connectivity index (χ3v) is 5.51. The Balaban J connectivity index is 1.67. The zero-order valence-electron chi connectivity index (χ0n) is 19.0. The van der Waals surface area contributed by atoms with Gasteiger partial charge in [0.1, 0.15) is 5.75 Å². The zero-order chi connectivity index (χ0) is 23.8. The average molecular weight is 455 g/mol. The Morgan fingerprint density at radius 2 is 1.76 bits per heavy atom. The van der Waals surface area contributed by atoms with Crippen molar-refractivity contribution in [2.75, 3.05) is 56.6 Å². The Labute approximate surface area is 193 Å². The molecule has 33 heavy (non-hydrogen) atoms. The van der Waals surface area contributed by atoms with Crippen molar-refractivity contribution < 1.29 is 24.2 Å². The summed E-state index contributed by atoms with van der Waals surface area (Å²) in [7, 11) is 1.47. The molecule has 0 aromatic heterocycles. The summed E-state index contributed by atoms with van der Waals surface area (Å²) >= 11 is 0. The molecule has 0 spiro atoms. The van der Waals surface area contributed by atoms with E-state index in [4.69, 9.17) is 4.74 Å². The molecule has 9 nitrogen and oxygen atoms in total. The van der Waals surface area contributed by atoms with Gasteiger partial charge in [-0.3, -0.25) is 14.5 Å². The van der Waals surface area contributed by atoms with E-state index in [1.807, 2.05) is 6.92 Å². The van der Waals surface area contributed by atoms with E-state index >= 15 is 0 Å². The van der Waals surface area contributed by atoms with Crippen LogP contribution in [-0.2, 0) is 4.79 Å². The number of para-hydroxylation sites is 1. The molecule has 1 aliphatic rings. The monoisotopic (exact) mass is 454 g/mol. The topological polar surface area (TPSA) is 111 Å². The van der Waals surface area contributed by atoms with Crippen LogP contribution in [0, 0.1) is 0 Å². The van der Waals surface area contributed by atoms with Gasteiger partial charge in [0.05, 0.1) is 30.5 Å². The summed E-state index contributed by atoms with van der Waals surface area (Å²) in [5, 5.41) is 15.3. The Kier molecular flexibility index (Phi) is 8.26. The smallest absolute Gasteiger partial charge is 0.337 e. The standard InChI is InChI=1S/C24H30N4O5/c1-3-10-25-22(29)16-27-11-13-28(14-12-27)17-8-9-20(19(15-17)24(31)32)26-23(30)18-6-4-5-7-21(18)33-2/h4-9,15H,3,10-14,16H2,1-2H3,(H,25,29)(H,26,30)(H,31,32). The van der Waals surface area contributed by atoms with E-state index in [1.54, 1.807) is 42.5 Å². The van der Waals surface area contributed by atoms with Crippen LogP contribution < -0.4 is 20.3 Å². The molecule has 2 aromatic carbocycles. The van der Waals surface area contributed by atoms with Crippen LogP contribution in [0.2, 0.25) is 0 Å². The number of nitrogens with one attached hydrogen (secondary N) is 2. The highest BCUT2D eigenvalue weighted by Crippen LogP contribution is 2.26. The molecule has 176 valence electrons. The van der Waals surface area contributed by atoms with Gasteiger partial charge in [0.25, 0.3) is 5.91 Å². The van der Waals surface area contributed by atoms with E-state index in [2.05, 4.69) is 20.4 Å². The lowest BCUT2D eigenvalue weighted by Gasteiger charge is -2.36. The van der Waals surface area contributed by atoms with E-state index in [0.29, 0.717) is 50.6 Å². The van der Waals surface area contributed by atoms with E-state index in [-0.39, 0.29) is 17.2 Å². The van der Waals surface area contributed by atoms with E-state index in [0.717, 1.165) is 12.1 Å². The molecular formula is C24H30N4O5. The van der Waals surface area contributed by atoms with Gasteiger partial charge >= 0.3 is 5.97 Å². The van der Waals surface area contributed by atoms with E-state index < -0.39 is 11.9 Å². The van der Waals surface area contributed by atoms with Crippen molar-refractivity contribution in [3.05, 3.63) is 53.6 Å². The lowest BCUT2D eigenvalue weighted by Crippen LogP contribution is -2.49. The molecule has 0 aliphatic carbocycles. The van der Waals surface area contributed by atoms with Crippen molar-refractivity contribution >= 4 is 29.2 Å². The second kappa shape index (κ2) is 11.3. The molecule has 1 aliphatic heterocycles. The first-order valence-corrected chi connectivity index (χ1v) is 11.0. The summed E-state index contributed by atoms with van der Waals surface area (Å²) in [5.41, 5.74) is 1.31. The number of carbonyl (C=O) groups excluding carboxylic acids is 2. The molecule has 2 aromatic rings. The first-order valence-electron chi connectivity index (χ1n) is 11.0. The third kappa shape index (κ3) is 6.23. The number of carboxylic acids is 1. The van der Waals surface area contributed by atoms with Crippen molar-refractivity contribution in [2.45, 2.75) is 13.3 Å². The van der Waals surface area contributed by atoms with Gasteiger partial charge in [-0.25, -0.2) is 4.79 Å². The lowest BCUT2D eigenvalue weighted by molar-refractivity contribution is -0.122. The quantitative estimate of drug-likeness (QED) is 0.533. The van der Waals surface area contributed by atoms with Crippen molar-refractivity contribution in [3.63, 3.8) is 0 Å². The average Bonchev–Trinajstić information content (AvgIpc) is 2.83. The van der Waals surface area contributed by atoms with Crippen LogP contribution >= 0.6 is 0 Å². The number of ether oxygens (including phenoxy) is 1. The van der Waals surface area contributed by atoms with Crippen LogP contribution in [-0.4, -0.2) is 74.2 Å². The maximum absolute atomic E-state index is 12.7. The highest BCUT2D eigenvalue weighted by molar-refractivity contribution is 6.09. The van der Waals surface area contributed by atoms with Gasteiger partial charge in [0.2, 0.25) is 5.91 Å². The SMILES string of the molecule is CCCNC(=O)CN1CCN(c2ccc(NC(=O)c3ccccc3OC)c(C(=O)O)c2)CC1. The summed E-state index contributed by atoms with van der Waals surface area (Å²) in [6, 6.07) is 11.7. The second-order valence-electron chi connectivity index (χ2n) is 7.80. The van der Waals surface area contributed by atoms with Gasteiger partial charge in [-0.15, -0.1) is 0 Å². The summed E-state index contributed by atoms with van der Waals surface area (Å²) in [5.74, 6) is -1.14. The normalized spacial score (nSPS) is 13.9. The Hall–Kier alpha value is -3.59. The van der Waals surface area contributed by atoms with Crippen LogP contribution in [0.1, 0.15) is 34.1 Å². The lowest BCUT2D eigenvalue weighted by atomic mass is 10.1. The fourth-order valence-electron chi connectivity index (χ4n) is 3.72. The number of carbonyl (C=O) groups is 3. The molecule has 2 amide bonds. The number of amides is 2. The van der Waals surface area contributed by atoms with Gasteiger partial charge in [-0.1, -0.05) is 19.1 Å². The first-order chi connectivity index (χ1) is 15.9. The molecule has 0 atom stereocenters. The van der Waals surface area contributed by atoms with Crippen LogP contribution in [0.5, 0.6) is 5.75 Å². The molecule has 0 unspecified atom stereocenters. The van der Waals surface area contributed by atoms with Crippen LogP contribution in [0.4, 0.5) is 11.4 Å². The number of benzene rings is 2. The molecule has 1 fully saturated rings.